The fourth-order valence-corrected chi connectivity index (χ4v) is 5.16. The number of fused-ring (bicyclic) bond motifs is 1. The molecule has 0 radical (unpaired) electrons. The number of ether oxygens (including phenoxy) is 1. The monoisotopic (exact) mass is 443 g/mol. The zero-order valence-electron chi connectivity index (χ0n) is 16.5. The molecule has 154 valence electrons. The molecule has 1 unspecified atom stereocenters. The molecule has 0 aliphatic carbocycles. The van der Waals surface area contributed by atoms with E-state index in [2.05, 4.69) is 9.98 Å². The van der Waals surface area contributed by atoms with Crippen LogP contribution in [0.5, 0.6) is 0 Å². The number of esters is 1. The SMILES string of the molecule is CCOC(=O)C1=C(C)N=c2sc(=Cc3scnc3C)c(=O)n2C1c1ccc(F)cc1. The first-order valence-corrected chi connectivity index (χ1v) is 11.0. The number of halogens is 1. The number of allylic oxidation sites excluding steroid dienone is 1. The quantitative estimate of drug-likeness (QED) is 0.581. The Morgan fingerprint density at radius 1 is 1.30 bits per heavy atom. The molecule has 1 atom stereocenters. The zero-order valence-corrected chi connectivity index (χ0v) is 18.1. The Hall–Kier alpha value is -2.91. The highest BCUT2D eigenvalue weighted by Gasteiger charge is 2.33. The molecule has 3 heterocycles. The number of rotatable bonds is 4. The topological polar surface area (TPSA) is 73.6 Å². The van der Waals surface area contributed by atoms with Crippen LogP contribution in [0, 0.1) is 12.7 Å². The van der Waals surface area contributed by atoms with Crippen molar-refractivity contribution in [3.8, 4) is 0 Å². The highest BCUT2D eigenvalue weighted by atomic mass is 32.1. The Labute approximate surface area is 179 Å². The third-order valence-electron chi connectivity index (χ3n) is 4.75. The van der Waals surface area contributed by atoms with Gasteiger partial charge in [0.15, 0.2) is 4.80 Å². The lowest BCUT2D eigenvalue weighted by molar-refractivity contribution is -0.139. The molecule has 0 fully saturated rings. The van der Waals surface area contributed by atoms with Gasteiger partial charge >= 0.3 is 5.97 Å². The molecule has 0 bridgehead atoms. The van der Waals surface area contributed by atoms with E-state index in [0.29, 0.717) is 20.6 Å². The van der Waals surface area contributed by atoms with Gasteiger partial charge in [0.25, 0.3) is 5.56 Å². The van der Waals surface area contributed by atoms with E-state index in [1.54, 1.807) is 37.6 Å². The lowest BCUT2D eigenvalue weighted by Crippen LogP contribution is -2.39. The Kier molecular flexibility index (Phi) is 5.48. The van der Waals surface area contributed by atoms with Crippen molar-refractivity contribution in [1.82, 2.24) is 9.55 Å². The number of aryl methyl sites for hydroxylation is 1. The largest absolute Gasteiger partial charge is 0.463 e. The van der Waals surface area contributed by atoms with E-state index in [4.69, 9.17) is 4.74 Å². The van der Waals surface area contributed by atoms with E-state index in [0.717, 1.165) is 10.6 Å². The Bertz CT molecular complexity index is 1330. The van der Waals surface area contributed by atoms with Gasteiger partial charge in [-0.15, -0.1) is 11.3 Å². The van der Waals surface area contributed by atoms with Gasteiger partial charge in [0.05, 0.1) is 44.5 Å². The van der Waals surface area contributed by atoms with Crippen LogP contribution in [0.15, 0.2) is 50.8 Å². The summed E-state index contributed by atoms with van der Waals surface area (Å²) in [7, 11) is 0. The molecule has 0 N–H and O–H groups in total. The van der Waals surface area contributed by atoms with Gasteiger partial charge in [0.1, 0.15) is 5.82 Å². The summed E-state index contributed by atoms with van der Waals surface area (Å²) in [4.78, 5) is 36.2. The van der Waals surface area contributed by atoms with Crippen LogP contribution >= 0.6 is 22.7 Å². The maximum absolute atomic E-state index is 13.5. The van der Waals surface area contributed by atoms with Crippen LogP contribution in [-0.4, -0.2) is 22.1 Å². The maximum atomic E-state index is 13.5. The lowest BCUT2D eigenvalue weighted by atomic mass is 9.96. The van der Waals surface area contributed by atoms with Crippen LogP contribution in [0.2, 0.25) is 0 Å². The number of carbonyl (C=O) groups excluding carboxylic acids is 1. The Morgan fingerprint density at radius 3 is 2.67 bits per heavy atom. The van der Waals surface area contributed by atoms with Crippen LogP contribution < -0.4 is 14.9 Å². The number of thiazole rings is 2. The van der Waals surface area contributed by atoms with Crippen LogP contribution in [0.4, 0.5) is 4.39 Å². The number of carbonyl (C=O) groups is 1. The summed E-state index contributed by atoms with van der Waals surface area (Å²) < 4.78 is 20.7. The van der Waals surface area contributed by atoms with Gasteiger partial charge in [-0.3, -0.25) is 9.36 Å². The van der Waals surface area contributed by atoms with Gasteiger partial charge in [-0.2, -0.15) is 0 Å². The summed E-state index contributed by atoms with van der Waals surface area (Å²) in [5, 5.41) is 0. The molecule has 6 nitrogen and oxygen atoms in total. The Morgan fingerprint density at radius 2 is 2.03 bits per heavy atom. The minimum absolute atomic E-state index is 0.195. The summed E-state index contributed by atoms with van der Waals surface area (Å²) in [5.74, 6) is -0.939. The average molecular weight is 444 g/mol. The van der Waals surface area contributed by atoms with Gasteiger partial charge in [0, 0.05) is 0 Å². The molecular formula is C21H18FN3O3S2. The van der Waals surface area contributed by atoms with E-state index < -0.39 is 17.8 Å². The molecule has 1 aromatic carbocycles. The maximum Gasteiger partial charge on any atom is 0.338 e. The molecule has 3 aromatic rings. The van der Waals surface area contributed by atoms with Crippen molar-refractivity contribution in [2.24, 2.45) is 4.99 Å². The second kappa shape index (κ2) is 8.08. The van der Waals surface area contributed by atoms with Gasteiger partial charge in [0.2, 0.25) is 0 Å². The third kappa shape index (κ3) is 3.54. The van der Waals surface area contributed by atoms with E-state index in [-0.39, 0.29) is 17.7 Å². The molecule has 4 rings (SSSR count). The first-order chi connectivity index (χ1) is 14.4. The normalized spacial score (nSPS) is 16.4. The van der Waals surface area contributed by atoms with E-state index in [9.17, 15) is 14.0 Å². The predicted octanol–water partition coefficient (Wildman–Crippen LogP) is 2.70. The van der Waals surface area contributed by atoms with Crippen molar-refractivity contribution >= 4 is 34.7 Å². The standard InChI is InChI=1S/C21H18FN3O3S2/c1-4-28-20(27)17-12(3)24-21-25(18(17)13-5-7-14(22)8-6-13)19(26)16(30-21)9-15-11(2)23-10-29-15/h5-10,18H,4H2,1-3H3. The molecule has 0 amide bonds. The minimum atomic E-state index is -0.745. The molecule has 0 spiro atoms. The molecule has 0 saturated heterocycles. The Balaban J connectivity index is 1.97. The van der Waals surface area contributed by atoms with Crippen molar-refractivity contribution in [3.63, 3.8) is 0 Å². The van der Waals surface area contributed by atoms with Gasteiger partial charge < -0.3 is 4.74 Å². The third-order valence-corrected chi connectivity index (χ3v) is 6.61. The highest BCUT2D eigenvalue weighted by molar-refractivity contribution is 7.11. The first-order valence-electron chi connectivity index (χ1n) is 9.26. The molecule has 0 saturated carbocycles. The van der Waals surface area contributed by atoms with Gasteiger partial charge in [-0.1, -0.05) is 23.5 Å². The molecule has 2 aromatic heterocycles. The van der Waals surface area contributed by atoms with Crippen LogP contribution in [-0.2, 0) is 9.53 Å². The van der Waals surface area contributed by atoms with Gasteiger partial charge in [-0.25, -0.2) is 19.2 Å². The van der Waals surface area contributed by atoms with E-state index >= 15 is 0 Å². The molecular weight excluding hydrogens is 425 g/mol. The smallest absolute Gasteiger partial charge is 0.338 e. The fourth-order valence-electron chi connectivity index (χ4n) is 3.32. The van der Waals surface area contributed by atoms with Crippen molar-refractivity contribution < 1.29 is 13.9 Å². The minimum Gasteiger partial charge on any atom is -0.463 e. The number of hydrogen-bond donors (Lipinski definition) is 0. The molecule has 30 heavy (non-hydrogen) atoms. The number of nitrogens with zero attached hydrogens (tertiary/aromatic N) is 3. The second-order valence-corrected chi connectivity index (χ2v) is 8.55. The number of benzene rings is 1. The summed E-state index contributed by atoms with van der Waals surface area (Å²) in [6.45, 7) is 5.51. The van der Waals surface area contributed by atoms with Gasteiger partial charge in [-0.05, 0) is 44.5 Å². The van der Waals surface area contributed by atoms with Crippen molar-refractivity contribution in [1.29, 1.82) is 0 Å². The van der Waals surface area contributed by atoms with Crippen LogP contribution in [0.3, 0.4) is 0 Å². The molecule has 9 heteroatoms. The first kappa shape index (κ1) is 20.4. The zero-order chi connectivity index (χ0) is 21.4. The van der Waals surface area contributed by atoms with Crippen molar-refractivity contribution in [2.75, 3.05) is 6.61 Å². The summed E-state index contributed by atoms with van der Waals surface area (Å²) in [6, 6.07) is 5.02. The molecule has 1 aliphatic rings. The van der Waals surface area contributed by atoms with Crippen LogP contribution in [0.25, 0.3) is 6.08 Å². The van der Waals surface area contributed by atoms with E-state index in [1.165, 1.54) is 39.4 Å². The van der Waals surface area contributed by atoms with Crippen molar-refractivity contribution in [2.45, 2.75) is 26.8 Å². The predicted molar refractivity (Wildman–Crippen MR) is 114 cm³/mol. The van der Waals surface area contributed by atoms with E-state index in [1.807, 2.05) is 6.92 Å². The summed E-state index contributed by atoms with van der Waals surface area (Å²) in [5.41, 5.74) is 3.65. The van der Waals surface area contributed by atoms with Crippen molar-refractivity contribution in [3.05, 3.63) is 82.7 Å². The average Bonchev–Trinajstić information content (AvgIpc) is 3.25. The summed E-state index contributed by atoms with van der Waals surface area (Å²) in [6.07, 6.45) is 1.79. The number of aromatic nitrogens is 2. The molecule has 1 aliphatic heterocycles. The summed E-state index contributed by atoms with van der Waals surface area (Å²) >= 11 is 2.69. The second-order valence-electron chi connectivity index (χ2n) is 6.66. The highest BCUT2D eigenvalue weighted by Crippen LogP contribution is 2.30. The number of hydrogen-bond acceptors (Lipinski definition) is 7. The lowest BCUT2D eigenvalue weighted by Gasteiger charge is -2.24. The fraction of sp³-hybridized carbons (Fsp3) is 0.238. The van der Waals surface area contributed by atoms with Crippen LogP contribution in [0.1, 0.15) is 36.0 Å².